The van der Waals surface area contributed by atoms with Gasteiger partial charge in [0.1, 0.15) is 5.69 Å². The van der Waals surface area contributed by atoms with E-state index in [-0.39, 0.29) is 18.1 Å². The van der Waals surface area contributed by atoms with Gasteiger partial charge in [-0.05, 0) is 26.3 Å². The molecule has 8 heteroatoms. The van der Waals surface area contributed by atoms with Crippen LogP contribution in [0.1, 0.15) is 43.8 Å². The summed E-state index contributed by atoms with van der Waals surface area (Å²) < 4.78 is 4.88. The van der Waals surface area contributed by atoms with Crippen LogP contribution in [-0.2, 0) is 6.54 Å². The van der Waals surface area contributed by atoms with E-state index in [2.05, 4.69) is 20.4 Å². The zero-order valence-corrected chi connectivity index (χ0v) is 11.3. The van der Waals surface area contributed by atoms with Crippen molar-refractivity contribution in [3.05, 3.63) is 34.2 Å². The number of rotatable bonds is 4. The summed E-state index contributed by atoms with van der Waals surface area (Å²) in [5, 5.41) is 15.2. The summed E-state index contributed by atoms with van der Waals surface area (Å²) in [5.74, 6) is -0.714. The molecule has 0 aliphatic heterocycles. The van der Waals surface area contributed by atoms with Crippen LogP contribution in [0.2, 0.25) is 0 Å². The molecule has 0 radical (unpaired) electrons. The third-order valence-electron chi connectivity index (χ3n) is 2.85. The minimum absolute atomic E-state index is 0.0151. The maximum atomic E-state index is 12.1. The average Bonchev–Trinajstić information content (AvgIpc) is 2.91. The predicted octanol–water partition coefficient (Wildman–Crippen LogP) is 0.951. The molecule has 3 N–H and O–H groups in total. The number of carbonyl (C=O) groups is 2. The second-order valence-corrected chi connectivity index (χ2v) is 4.35. The van der Waals surface area contributed by atoms with Gasteiger partial charge in [0.05, 0.1) is 12.1 Å². The van der Waals surface area contributed by atoms with Gasteiger partial charge in [-0.3, -0.25) is 4.79 Å². The van der Waals surface area contributed by atoms with Crippen LogP contribution >= 0.6 is 0 Å². The van der Waals surface area contributed by atoms with E-state index < -0.39 is 5.97 Å². The number of nitrogens with one attached hydrogen (secondary N) is 2. The van der Waals surface area contributed by atoms with E-state index in [1.165, 1.54) is 0 Å². The molecule has 0 atom stereocenters. The van der Waals surface area contributed by atoms with Gasteiger partial charge in [0.25, 0.3) is 5.91 Å². The molecule has 0 spiro atoms. The Morgan fingerprint density at radius 3 is 2.55 bits per heavy atom. The Balaban J connectivity index is 2.15. The van der Waals surface area contributed by atoms with Gasteiger partial charge in [0.2, 0.25) is 5.89 Å². The minimum atomic E-state index is -1.10. The molecule has 0 saturated heterocycles. The topological polar surface area (TPSA) is 121 Å². The second kappa shape index (κ2) is 5.16. The lowest BCUT2D eigenvalue weighted by molar-refractivity contribution is 0.0690. The molecule has 1 amide bonds. The number of H-pyrrole nitrogens is 1. The predicted molar refractivity (Wildman–Crippen MR) is 67.4 cm³/mol. The van der Waals surface area contributed by atoms with Gasteiger partial charge in [-0.1, -0.05) is 5.16 Å². The molecular formula is C12H14N4O4. The normalized spacial score (nSPS) is 10.6. The molecule has 0 aliphatic rings. The number of hydrogen-bond acceptors (Lipinski definition) is 5. The zero-order valence-electron chi connectivity index (χ0n) is 11.3. The first kappa shape index (κ1) is 13.8. The molecule has 0 fully saturated rings. The number of amides is 1. The summed E-state index contributed by atoms with van der Waals surface area (Å²) in [6.45, 7) is 4.99. The van der Waals surface area contributed by atoms with Crippen molar-refractivity contribution in [2.75, 3.05) is 0 Å². The van der Waals surface area contributed by atoms with Crippen molar-refractivity contribution in [3.8, 4) is 0 Å². The lowest BCUT2D eigenvalue weighted by atomic mass is 10.1. The van der Waals surface area contributed by atoms with E-state index in [0.717, 1.165) is 0 Å². The number of carboxylic acid groups (broad SMARTS) is 1. The number of aryl methyl sites for hydroxylation is 2. The van der Waals surface area contributed by atoms with Crippen LogP contribution in [0.25, 0.3) is 0 Å². The van der Waals surface area contributed by atoms with Crippen molar-refractivity contribution in [2.45, 2.75) is 27.3 Å². The van der Waals surface area contributed by atoms with E-state index in [1.54, 1.807) is 20.8 Å². The van der Waals surface area contributed by atoms with Crippen LogP contribution in [-0.4, -0.2) is 32.1 Å². The molecule has 2 rings (SSSR count). The highest BCUT2D eigenvalue weighted by atomic mass is 16.5. The first-order valence-corrected chi connectivity index (χ1v) is 5.90. The molecule has 0 saturated carbocycles. The Labute approximate surface area is 114 Å². The maximum absolute atomic E-state index is 12.1. The van der Waals surface area contributed by atoms with Gasteiger partial charge >= 0.3 is 5.97 Å². The Hall–Kier alpha value is -2.64. The van der Waals surface area contributed by atoms with Crippen LogP contribution in [0.5, 0.6) is 0 Å². The highest BCUT2D eigenvalue weighted by molar-refractivity contribution is 6.00. The standard InChI is InChI=1S/C12H14N4O4/c1-5-9(6(2)14-10(5)12(18)19)11(17)13-4-8-15-7(3)16-20-8/h14H,4H2,1-3H3,(H,13,17)(H,18,19). The molecule has 0 aliphatic carbocycles. The Kier molecular flexibility index (Phi) is 3.55. The van der Waals surface area contributed by atoms with Crippen LogP contribution in [0, 0.1) is 20.8 Å². The summed E-state index contributed by atoms with van der Waals surface area (Å²) in [5.41, 5.74) is 1.23. The fraction of sp³-hybridized carbons (Fsp3) is 0.333. The van der Waals surface area contributed by atoms with Crippen molar-refractivity contribution in [2.24, 2.45) is 0 Å². The second-order valence-electron chi connectivity index (χ2n) is 4.35. The van der Waals surface area contributed by atoms with Crippen molar-refractivity contribution in [1.82, 2.24) is 20.4 Å². The average molecular weight is 278 g/mol. The van der Waals surface area contributed by atoms with Crippen LogP contribution in [0.15, 0.2) is 4.52 Å². The third kappa shape index (κ3) is 2.53. The summed E-state index contributed by atoms with van der Waals surface area (Å²) in [6.07, 6.45) is 0. The molecule has 20 heavy (non-hydrogen) atoms. The largest absolute Gasteiger partial charge is 0.477 e. The Morgan fingerprint density at radius 1 is 1.35 bits per heavy atom. The maximum Gasteiger partial charge on any atom is 0.352 e. The summed E-state index contributed by atoms with van der Waals surface area (Å²) in [4.78, 5) is 29.7. The monoisotopic (exact) mass is 278 g/mol. The van der Waals surface area contributed by atoms with Crippen LogP contribution < -0.4 is 5.32 Å². The van der Waals surface area contributed by atoms with Crippen LogP contribution in [0.3, 0.4) is 0 Å². The number of aromatic amines is 1. The van der Waals surface area contributed by atoms with E-state index in [9.17, 15) is 9.59 Å². The molecular weight excluding hydrogens is 264 g/mol. The van der Waals surface area contributed by atoms with Crippen LogP contribution in [0.4, 0.5) is 0 Å². The van der Waals surface area contributed by atoms with Crippen molar-refractivity contribution in [1.29, 1.82) is 0 Å². The fourth-order valence-corrected chi connectivity index (χ4v) is 1.96. The smallest absolute Gasteiger partial charge is 0.352 e. The van der Waals surface area contributed by atoms with Gasteiger partial charge in [0.15, 0.2) is 5.82 Å². The highest BCUT2D eigenvalue weighted by Crippen LogP contribution is 2.17. The number of aromatic carboxylic acids is 1. The van der Waals surface area contributed by atoms with Gasteiger partial charge in [-0.2, -0.15) is 4.98 Å². The number of aromatic nitrogens is 3. The zero-order chi connectivity index (χ0) is 14.9. The highest BCUT2D eigenvalue weighted by Gasteiger charge is 2.21. The number of hydrogen-bond donors (Lipinski definition) is 3. The molecule has 0 bridgehead atoms. The van der Waals surface area contributed by atoms with Crippen molar-refractivity contribution >= 4 is 11.9 Å². The lowest BCUT2D eigenvalue weighted by Crippen LogP contribution is -2.24. The van der Waals surface area contributed by atoms with Gasteiger partial charge in [-0.15, -0.1) is 0 Å². The quantitative estimate of drug-likeness (QED) is 0.765. The number of nitrogens with zero attached hydrogens (tertiary/aromatic N) is 2. The van der Waals surface area contributed by atoms with Crippen molar-refractivity contribution in [3.63, 3.8) is 0 Å². The summed E-state index contributed by atoms with van der Waals surface area (Å²) in [6, 6.07) is 0. The van der Waals surface area contributed by atoms with E-state index in [4.69, 9.17) is 9.63 Å². The Morgan fingerprint density at radius 2 is 2.05 bits per heavy atom. The SMILES string of the molecule is Cc1noc(CNC(=O)c2c(C)[nH]c(C(=O)O)c2C)n1. The molecule has 0 unspecified atom stereocenters. The van der Waals surface area contributed by atoms with Gasteiger partial charge in [0, 0.05) is 5.69 Å². The number of carboxylic acids is 1. The molecule has 0 aromatic carbocycles. The number of carbonyl (C=O) groups excluding carboxylic acids is 1. The van der Waals surface area contributed by atoms with Gasteiger partial charge < -0.3 is 19.9 Å². The molecule has 2 aromatic heterocycles. The molecule has 2 heterocycles. The van der Waals surface area contributed by atoms with Crippen molar-refractivity contribution < 1.29 is 19.2 Å². The molecule has 106 valence electrons. The third-order valence-corrected chi connectivity index (χ3v) is 2.85. The van der Waals surface area contributed by atoms with E-state index in [0.29, 0.717) is 28.5 Å². The summed E-state index contributed by atoms with van der Waals surface area (Å²) in [7, 11) is 0. The van der Waals surface area contributed by atoms with Gasteiger partial charge in [-0.25, -0.2) is 4.79 Å². The lowest BCUT2D eigenvalue weighted by Gasteiger charge is -2.03. The first-order chi connectivity index (χ1) is 9.40. The first-order valence-electron chi connectivity index (χ1n) is 5.90. The van der Waals surface area contributed by atoms with E-state index in [1.807, 2.05) is 0 Å². The minimum Gasteiger partial charge on any atom is -0.477 e. The molecule has 8 nitrogen and oxygen atoms in total. The van der Waals surface area contributed by atoms with E-state index >= 15 is 0 Å². The fourth-order valence-electron chi connectivity index (χ4n) is 1.96. The summed E-state index contributed by atoms with van der Waals surface area (Å²) >= 11 is 0. The molecule has 2 aromatic rings. The Bertz CT molecular complexity index is 671.